The van der Waals surface area contributed by atoms with Gasteiger partial charge in [-0.3, -0.25) is 0 Å². The lowest BCUT2D eigenvalue weighted by Gasteiger charge is -2.34. The normalized spacial score (nSPS) is 17.5. The van der Waals surface area contributed by atoms with Crippen LogP contribution in [-0.4, -0.2) is 12.6 Å². The Morgan fingerprint density at radius 3 is 2.83 bits per heavy atom. The van der Waals surface area contributed by atoms with E-state index in [0.29, 0.717) is 17.0 Å². The second kappa shape index (κ2) is 6.53. The first-order valence-electron chi connectivity index (χ1n) is 6.88. The molecule has 1 atom stereocenters. The first kappa shape index (κ1) is 13.8. The van der Waals surface area contributed by atoms with Crippen LogP contribution in [0.4, 0.5) is 4.39 Å². The van der Waals surface area contributed by atoms with Crippen molar-refractivity contribution in [2.45, 2.75) is 45.1 Å². The summed E-state index contributed by atoms with van der Waals surface area (Å²) in [5.41, 5.74) is 0.739. The first-order valence-corrected chi connectivity index (χ1v) is 7.25. The molecule has 1 unspecified atom stereocenters. The van der Waals surface area contributed by atoms with Crippen LogP contribution in [0.1, 0.15) is 38.2 Å². The molecular formula is C15H21ClFN. The van der Waals surface area contributed by atoms with E-state index in [1.54, 1.807) is 12.1 Å². The zero-order chi connectivity index (χ0) is 13.0. The molecule has 1 aliphatic rings. The quantitative estimate of drug-likeness (QED) is 0.817. The molecule has 1 aliphatic carbocycles. The van der Waals surface area contributed by atoms with Crippen molar-refractivity contribution in [3.63, 3.8) is 0 Å². The summed E-state index contributed by atoms with van der Waals surface area (Å²) in [6, 6.07) is 5.23. The van der Waals surface area contributed by atoms with E-state index in [0.717, 1.165) is 24.9 Å². The van der Waals surface area contributed by atoms with Gasteiger partial charge in [-0.2, -0.15) is 0 Å². The van der Waals surface area contributed by atoms with Crippen molar-refractivity contribution in [2.75, 3.05) is 6.54 Å². The van der Waals surface area contributed by atoms with E-state index in [-0.39, 0.29) is 5.82 Å². The Kier molecular flexibility index (Phi) is 5.02. The molecule has 1 aromatic rings. The predicted octanol–water partition coefficient (Wildman–Crippen LogP) is 4.19. The average Bonchev–Trinajstić information content (AvgIpc) is 2.28. The van der Waals surface area contributed by atoms with Gasteiger partial charge in [0.15, 0.2) is 0 Å². The van der Waals surface area contributed by atoms with E-state index in [9.17, 15) is 4.39 Å². The Balaban J connectivity index is 2.04. The summed E-state index contributed by atoms with van der Waals surface area (Å²) in [4.78, 5) is 0. The lowest BCUT2D eigenvalue weighted by atomic mass is 9.77. The molecule has 18 heavy (non-hydrogen) atoms. The molecule has 0 aromatic heterocycles. The molecule has 100 valence electrons. The van der Waals surface area contributed by atoms with Gasteiger partial charge in [0.2, 0.25) is 0 Å². The van der Waals surface area contributed by atoms with Gasteiger partial charge in [-0.05, 0) is 61.9 Å². The summed E-state index contributed by atoms with van der Waals surface area (Å²) >= 11 is 5.94. The Bertz CT molecular complexity index is 390. The molecule has 1 N–H and O–H groups in total. The van der Waals surface area contributed by atoms with Gasteiger partial charge in [0.25, 0.3) is 0 Å². The maximum absolute atomic E-state index is 13.8. The predicted molar refractivity (Wildman–Crippen MR) is 74.5 cm³/mol. The fourth-order valence-corrected chi connectivity index (χ4v) is 2.71. The van der Waals surface area contributed by atoms with Gasteiger partial charge in [0.05, 0.1) is 0 Å². The molecule has 0 amide bonds. The third-order valence-corrected chi connectivity index (χ3v) is 4.06. The lowest BCUT2D eigenvalue weighted by Crippen LogP contribution is -2.41. The standard InChI is InChI=1S/C15H21ClFN/c1-2-8-18-15(11-4-3-5-11)10-12-9-13(16)6-7-14(12)17/h6-7,9,11,15,18H,2-5,8,10H2,1H3. The summed E-state index contributed by atoms with van der Waals surface area (Å²) < 4.78 is 13.8. The largest absolute Gasteiger partial charge is 0.313 e. The molecule has 0 radical (unpaired) electrons. The summed E-state index contributed by atoms with van der Waals surface area (Å²) in [5.74, 6) is 0.567. The van der Waals surface area contributed by atoms with Crippen molar-refractivity contribution < 1.29 is 4.39 Å². The molecule has 1 aromatic carbocycles. The smallest absolute Gasteiger partial charge is 0.126 e. The SMILES string of the molecule is CCCNC(Cc1cc(Cl)ccc1F)C1CCC1. The third-order valence-electron chi connectivity index (χ3n) is 3.82. The highest BCUT2D eigenvalue weighted by atomic mass is 35.5. The fourth-order valence-electron chi connectivity index (χ4n) is 2.51. The summed E-state index contributed by atoms with van der Waals surface area (Å²) in [5, 5.41) is 4.18. The van der Waals surface area contributed by atoms with E-state index in [2.05, 4.69) is 12.2 Å². The van der Waals surface area contributed by atoms with Crippen molar-refractivity contribution in [2.24, 2.45) is 5.92 Å². The van der Waals surface area contributed by atoms with Crippen LogP contribution in [0, 0.1) is 11.7 Å². The van der Waals surface area contributed by atoms with Crippen LogP contribution in [0.2, 0.25) is 5.02 Å². The van der Waals surface area contributed by atoms with E-state index in [4.69, 9.17) is 11.6 Å². The minimum atomic E-state index is -0.137. The second-order valence-corrected chi connectivity index (χ2v) is 5.63. The Morgan fingerprint density at radius 2 is 2.22 bits per heavy atom. The van der Waals surface area contributed by atoms with E-state index < -0.39 is 0 Å². The molecule has 2 rings (SSSR count). The molecule has 1 fully saturated rings. The van der Waals surface area contributed by atoms with Crippen molar-refractivity contribution >= 4 is 11.6 Å². The Labute approximate surface area is 114 Å². The van der Waals surface area contributed by atoms with Crippen LogP contribution in [-0.2, 0) is 6.42 Å². The van der Waals surface area contributed by atoms with Crippen LogP contribution < -0.4 is 5.32 Å². The molecule has 0 bridgehead atoms. The molecule has 0 spiro atoms. The summed E-state index contributed by atoms with van der Waals surface area (Å²) in [6.45, 7) is 3.16. The maximum atomic E-state index is 13.8. The highest BCUT2D eigenvalue weighted by molar-refractivity contribution is 6.30. The fraction of sp³-hybridized carbons (Fsp3) is 0.600. The van der Waals surface area contributed by atoms with E-state index >= 15 is 0 Å². The Hall–Kier alpha value is -0.600. The van der Waals surface area contributed by atoms with Gasteiger partial charge >= 0.3 is 0 Å². The molecule has 0 saturated heterocycles. The number of benzene rings is 1. The number of rotatable bonds is 6. The van der Waals surface area contributed by atoms with Crippen molar-refractivity contribution in [3.05, 3.63) is 34.6 Å². The summed E-state index contributed by atoms with van der Waals surface area (Å²) in [7, 11) is 0. The van der Waals surface area contributed by atoms with Crippen LogP contribution in [0.15, 0.2) is 18.2 Å². The van der Waals surface area contributed by atoms with Gasteiger partial charge in [0, 0.05) is 11.1 Å². The minimum absolute atomic E-state index is 0.137. The van der Waals surface area contributed by atoms with Crippen molar-refractivity contribution in [1.82, 2.24) is 5.32 Å². The van der Waals surface area contributed by atoms with E-state index in [1.807, 2.05) is 0 Å². The van der Waals surface area contributed by atoms with Gasteiger partial charge < -0.3 is 5.32 Å². The van der Waals surface area contributed by atoms with Gasteiger partial charge in [-0.15, -0.1) is 0 Å². The van der Waals surface area contributed by atoms with Crippen LogP contribution in [0.25, 0.3) is 0 Å². The zero-order valence-electron chi connectivity index (χ0n) is 10.9. The van der Waals surface area contributed by atoms with Crippen LogP contribution >= 0.6 is 11.6 Å². The van der Waals surface area contributed by atoms with Gasteiger partial charge in [-0.25, -0.2) is 4.39 Å². The number of hydrogen-bond acceptors (Lipinski definition) is 1. The topological polar surface area (TPSA) is 12.0 Å². The number of hydrogen-bond donors (Lipinski definition) is 1. The zero-order valence-corrected chi connectivity index (χ0v) is 11.6. The molecular weight excluding hydrogens is 249 g/mol. The van der Waals surface area contributed by atoms with Crippen LogP contribution in [0.5, 0.6) is 0 Å². The van der Waals surface area contributed by atoms with Crippen LogP contribution in [0.3, 0.4) is 0 Å². The lowest BCUT2D eigenvalue weighted by molar-refractivity contribution is 0.226. The molecule has 1 saturated carbocycles. The van der Waals surface area contributed by atoms with Crippen molar-refractivity contribution in [3.8, 4) is 0 Å². The molecule has 0 heterocycles. The molecule has 0 aliphatic heterocycles. The average molecular weight is 270 g/mol. The first-order chi connectivity index (χ1) is 8.70. The number of nitrogens with one attached hydrogen (secondary N) is 1. The second-order valence-electron chi connectivity index (χ2n) is 5.19. The minimum Gasteiger partial charge on any atom is -0.313 e. The maximum Gasteiger partial charge on any atom is 0.126 e. The highest BCUT2D eigenvalue weighted by Gasteiger charge is 2.27. The molecule has 1 nitrogen and oxygen atoms in total. The Morgan fingerprint density at radius 1 is 1.44 bits per heavy atom. The number of halogens is 2. The summed E-state index contributed by atoms with van der Waals surface area (Å²) in [6.07, 6.45) is 5.71. The van der Waals surface area contributed by atoms with Gasteiger partial charge in [-0.1, -0.05) is 24.9 Å². The van der Waals surface area contributed by atoms with E-state index in [1.165, 1.54) is 25.3 Å². The monoisotopic (exact) mass is 269 g/mol. The van der Waals surface area contributed by atoms with Crippen molar-refractivity contribution in [1.29, 1.82) is 0 Å². The third kappa shape index (κ3) is 3.46. The highest BCUT2D eigenvalue weighted by Crippen LogP contribution is 2.31. The molecule has 3 heteroatoms. The van der Waals surface area contributed by atoms with Gasteiger partial charge in [0.1, 0.15) is 5.82 Å².